The number of amides is 2. The Labute approximate surface area is 140 Å². The molecule has 0 aliphatic rings. The van der Waals surface area contributed by atoms with Gasteiger partial charge in [0.25, 0.3) is 0 Å². The Morgan fingerprint density at radius 1 is 1.38 bits per heavy atom. The van der Waals surface area contributed by atoms with Gasteiger partial charge in [-0.05, 0) is 25.1 Å². The molecular weight excluding hydrogens is 312 g/mol. The first-order valence-corrected chi connectivity index (χ1v) is 7.54. The second-order valence-corrected chi connectivity index (χ2v) is 5.04. The molecule has 2 rings (SSSR count). The Balaban J connectivity index is 1.94. The summed E-state index contributed by atoms with van der Waals surface area (Å²) in [4.78, 5) is 11.9. The molecule has 0 saturated carbocycles. The van der Waals surface area contributed by atoms with Crippen LogP contribution in [0.5, 0.6) is 11.5 Å². The van der Waals surface area contributed by atoms with Crippen LogP contribution in [0.25, 0.3) is 0 Å². The predicted molar refractivity (Wildman–Crippen MR) is 89.4 cm³/mol. The fraction of sp³-hybridized carbons (Fsp3) is 0.375. The van der Waals surface area contributed by atoms with Crippen molar-refractivity contribution in [2.24, 2.45) is 0 Å². The Morgan fingerprint density at radius 2 is 2.17 bits per heavy atom. The van der Waals surface area contributed by atoms with Crippen molar-refractivity contribution in [2.75, 3.05) is 26.1 Å². The van der Waals surface area contributed by atoms with Crippen LogP contribution in [-0.2, 0) is 6.54 Å². The molecule has 1 atom stereocenters. The summed E-state index contributed by atoms with van der Waals surface area (Å²) in [5, 5.41) is 19.6. The van der Waals surface area contributed by atoms with E-state index in [1.807, 2.05) is 6.92 Å². The van der Waals surface area contributed by atoms with E-state index in [2.05, 4.69) is 15.7 Å². The van der Waals surface area contributed by atoms with E-state index in [1.165, 1.54) is 7.11 Å². The fourth-order valence-electron chi connectivity index (χ4n) is 2.18. The van der Waals surface area contributed by atoms with Crippen LogP contribution in [0.15, 0.2) is 30.6 Å². The topological polar surface area (TPSA) is 97.6 Å². The number of nitrogens with zero attached hydrogens (tertiary/aromatic N) is 2. The highest BCUT2D eigenvalue weighted by molar-refractivity contribution is 5.88. The molecule has 24 heavy (non-hydrogen) atoms. The zero-order valence-corrected chi connectivity index (χ0v) is 13.9. The molecular formula is C16H22N4O4. The predicted octanol–water partition coefficient (Wildman–Crippen LogP) is 1.78. The van der Waals surface area contributed by atoms with Gasteiger partial charge >= 0.3 is 6.03 Å². The average Bonchev–Trinajstić information content (AvgIpc) is 3.06. The largest absolute Gasteiger partial charge is 0.497 e. The third kappa shape index (κ3) is 4.39. The number of urea groups is 1. The van der Waals surface area contributed by atoms with Crippen molar-refractivity contribution in [2.45, 2.75) is 19.6 Å². The lowest BCUT2D eigenvalue weighted by molar-refractivity contribution is 0.170. The fourth-order valence-corrected chi connectivity index (χ4v) is 2.18. The number of aliphatic hydroxyl groups is 1. The maximum Gasteiger partial charge on any atom is 0.319 e. The highest BCUT2D eigenvalue weighted by atomic mass is 16.5. The minimum atomic E-state index is -0.931. The first-order valence-electron chi connectivity index (χ1n) is 7.54. The normalized spacial score (nSPS) is 11.7. The van der Waals surface area contributed by atoms with E-state index in [-0.39, 0.29) is 6.54 Å². The molecule has 8 nitrogen and oxygen atoms in total. The van der Waals surface area contributed by atoms with Gasteiger partial charge in [-0.25, -0.2) is 4.79 Å². The molecule has 0 spiro atoms. The van der Waals surface area contributed by atoms with Crippen LogP contribution in [0.4, 0.5) is 10.5 Å². The Kier molecular flexibility index (Phi) is 6.02. The molecule has 3 N–H and O–H groups in total. The number of methoxy groups -OCH3 is 2. The Hall–Kier alpha value is -2.74. The van der Waals surface area contributed by atoms with E-state index >= 15 is 0 Å². The lowest BCUT2D eigenvalue weighted by Gasteiger charge is -2.16. The molecule has 2 amide bonds. The highest BCUT2D eigenvalue weighted by Crippen LogP contribution is 2.29. The average molecular weight is 334 g/mol. The molecule has 8 heteroatoms. The van der Waals surface area contributed by atoms with Crippen LogP contribution < -0.4 is 20.1 Å². The van der Waals surface area contributed by atoms with E-state index in [0.717, 1.165) is 6.54 Å². The van der Waals surface area contributed by atoms with Crippen LogP contribution in [0.2, 0.25) is 0 Å². The molecule has 1 aromatic carbocycles. The summed E-state index contributed by atoms with van der Waals surface area (Å²) in [6, 6.07) is 4.69. The minimum absolute atomic E-state index is 0.0251. The Morgan fingerprint density at radius 3 is 2.79 bits per heavy atom. The Bertz CT molecular complexity index is 686. The van der Waals surface area contributed by atoms with Crippen molar-refractivity contribution < 1.29 is 19.4 Å². The molecule has 0 radical (unpaired) electrons. The summed E-state index contributed by atoms with van der Waals surface area (Å²) in [7, 11) is 3.06. The lowest BCUT2D eigenvalue weighted by Crippen LogP contribution is -2.32. The number of aryl methyl sites for hydroxylation is 1. The smallest absolute Gasteiger partial charge is 0.319 e. The number of carbonyl (C=O) groups excluding carboxylic acids is 1. The first kappa shape index (κ1) is 17.6. The molecule has 0 aliphatic heterocycles. The van der Waals surface area contributed by atoms with Crippen LogP contribution in [0.3, 0.4) is 0 Å². The summed E-state index contributed by atoms with van der Waals surface area (Å²) in [5.74, 6) is 1.12. The maximum absolute atomic E-state index is 11.9. The monoisotopic (exact) mass is 334 g/mol. The van der Waals surface area contributed by atoms with Gasteiger partial charge in [0.2, 0.25) is 0 Å². The van der Waals surface area contributed by atoms with Gasteiger partial charge in [-0.3, -0.25) is 4.68 Å². The molecule has 0 bridgehead atoms. The van der Waals surface area contributed by atoms with Crippen molar-refractivity contribution in [3.8, 4) is 11.5 Å². The third-order valence-corrected chi connectivity index (χ3v) is 3.47. The van der Waals surface area contributed by atoms with E-state index < -0.39 is 12.1 Å². The highest BCUT2D eigenvalue weighted by Gasteiger charge is 2.16. The van der Waals surface area contributed by atoms with Crippen molar-refractivity contribution in [1.29, 1.82) is 0 Å². The lowest BCUT2D eigenvalue weighted by atomic mass is 10.1. The standard InChI is InChI=1S/C16H22N4O4/c1-4-20-10-11(8-18-20)19-16(22)17-9-14(21)13-7-12(23-2)5-6-15(13)24-3/h5-8,10,14,21H,4,9H2,1-3H3,(H2,17,19,22)/t14-/m1/s1. The van der Waals surface area contributed by atoms with E-state index in [9.17, 15) is 9.90 Å². The zero-order valence-electron chi connectivity index (χ0n) is 13.9. The number of benzene rings is 1. The van der Waals surface area contributed by atoms with Crippen LogP contribution >= 0.6 is 0 Å². The molecule has 130 valence electrons. The van der Waals surface area contributed by atoms with Gasteiger partial charge < -0.3 is 25.2 Å². The number of hydrogen-bond acceptors (Lipinski definition) is 5. The maximum atomic E-state index is 11.9. The van der Waals surface area contributed by atoms with Crippen molar-refractivity contribution in [3.63, 3.8) is 0 Å². The van der Waals surface area contributed by atoms with Crippen molar-refractivity contribution in [3.05, 3.63) is 36.2 Å². The molecule has 2 aromatic rings. The number of ether oxygens (including phenoxy) is 2. The number of carbonyl (C=O) groups is 1. The van der Waals surface area contributed by atoms with Gasteiger partial charge in [0.15, 0.2) is 0 Å². The van der Waals surface area contributed by atoms with Crippen LogP contribution in [-0.4, -0.2) is 41.7 Å². The zero-order chi connectivity index (χ0) is 17.5. The van der Waals surface area contributed by atoms with Crippen molar-refractivity contribution >= 4 is 11.7 Å². The number of aliphatic hydroxyl groups excluding tert-OH is 1. The summed E-state index contributed by atoms with van der Waals surface area (Å²) in [6.45, 7) is 2.70. The van der Waals surface area contributed by atoms with Crippen LogP contribution in [0.1, 0.15) is 18.6 Å². The summed E-state index contributed by atoms with van der Waals surface area (Å²) < 4.78 is 12.1. The first-order chi connectivity index (χ1) is 11.6. The summed E-state index contributed by atoms with van der Waals surface area (Å²) in [5.41, 5.74) is 1.12. The van der Waals surface area contributed by atoms with Gasteiger partial charge in [-0.1, -0.05) is 0 Å². The van der Waals surface area contributed by atoms with E-state index in [1.54, 1.807) is 42.4 Å². The summed E-state index contributed by atoms with van der Waals surface area (Å²) in [6.07, 6.45) is 2.35. The van der Waals surface area contributed by atoms with Crippen molar-refractivity contribution in [1.82, 2.24) is 15.1 Å². The number of rotatable bonds is 7. The van der Waals surface area contributed by atoms with Crippen LogP contribution in [0, 0.1) is 0 Å². The molecule has 0 saturated heterocycles. The molecule has 0 fully saturated rings. The van der Waals surface area contributed by atoms with E-state index in [0.29, 0.717) is 22.7 Å². The number of anilines is 1. The molecule has 0 unspecified atom stereocenters. The molecule has 1 aromatic heterocycles. The second kappa shape index (κ2) is 8.21. The molecule has 0 aliphatic carbocycles. The number of hydrogen-bond donors (Lipinski definition) is 3. The van der Waals surface area contributed by atoms with Gasteiger partial charge in [0.1, 0.15) is 17.6 Å². The quantitative estimate of drug-likeness (QED) is 0.717. The SMILES string of the molecule is CCn1cc(NC(=O)NC[C@@H](O)c2cc(OC)ccc2OC)cn1. The second-order valence-electron chi connectivity index (χ2n) is 5.04. The van der Waals surface area contributed by atoms with Gasteiger partial charge in [-0.2, -0.15) is 5.10 Å². The van der Waals surface area contributed by atoms with Gasteiger partial charge in [-0.15, -0.1) is 0 Å². The van der Waals surface area contributed by atoms with Gasteiger partial charge in [0.05, 0.1) is 26.1 Å². The minimum Gasteiger partial charge on any atom is -0.497 e. The molecule has 1 heterocycles. The number of aromatic nitrogens is 2. The summed E-state index contributed by atoms with van der Waals surface area (Å²) >= 11 is 0. The third-order valence-electron chi connectivity index (χ3n) is 3.47. The van der Waals surface area contributed by atoms with E-state index in [4.69, 9.17) is 9.47 Å². The number of nitrogens with one attached hydrogen (secondary N) is 2. The van der Waals surface area contributed by atoms with Gasteiger partial charge in [0, 0.05) is 24.8 Å².